The van der Waals surface area contributed by atoms with E-state index >= 15 is 0 Å². The van der Waals surface area contributed by atoms with E-state index in [-0.39, 0.29) is 0 Å². The van der Waals surface area contributed by atoms with Gasteiger partial charge in [-0.2, -0.15) is 0 Å². The van der Waals surface area contributed by atoms with Crippen molar-refractivity contribution in [3.8, 4) is 0 Å². The van der Waals surface area contributed by atoms with Crippen molar-refractivity contribution in [1.29, 1.82) is 0 Å². The summed E-state index contributed by atoms with van der Waals surface area (Å²) in [6.07, 6.45) is 8.02. The summed E-state index contributed by atoms with van der Waals surface area (Å²) >= 11 is 0. The maximum Gasteiger partial charge on any atom is 0.328 e. The highest BCUT2D eigenvalue weighted by Crippen LogP contribution is 2.24. The van der Waals surface area contributed by atoms with Gasteiger partial charge in [-0.25, -0.2) is 9.59 Å². The smallest absolute Gasteiger partial charge is 0.328 e. The Hall–Kier alpha value is -3.61. The molecule has 0 aliphatic rings. The minimum atomic E-state index is -1.26. The molecule has 0 saturated carbocycles. The number of aliphatic carboxylic acids is 2. The molecule has 2 aromatic heterocycles. The second kappa shape index (κ2) is 9.91. The van der Waals surface area contributed by atoms with Gasteiger partial charge >= 0.3 is 11.9 Å². The predicted octanol–water partition coefficient (Wildman–Crippen LogP) is 3.82. The fraction of sp³-hybridized carbons (Fsp3) is 0.190. The summed E-state index contributed by atoms with van der Waals surface area (Å²) in [6.45, 7) is 4.46. The van der Waals surface area contributed by atoms with Crippen molar-refractivity contribution in [3.05, 3.63) is 73.2 Å². The average molecular weight is 381 g/mol. The molecule has 0 spiro atoms. The Morgan fingerprint density at radius 3 is 2.25 bits per heavy atom. The molecule has 0 aliphatic heterocycles. The van der Waals surface area contributed by atoms with Crippen molar-refractivity contribution in [2.45, 2.75) is 26.3 Å². The van der Waals surface area contributed by atoms with Gasteiger partial charge in [0.2, 0.25) is 0 Å². The molecule has 3 aromatic rings. The first-order valence-electron chi connectivity index (χ1n) is 8.83. The van der Waals surface area contributed by atoms with Gasteiger partial charge in [-0.15, -0.1) is 0 Å². The van der Waals surface area contributed by atoms with Crippen LogP contribution in [0.1, 0.15) is 20.3 Å². The number of carboxylic acids is 2. The normalized spacial score (nSPS) is 11.6. The molecule has 0 amide bonds. The van der Waals surface area contributed by atoms with Crippen molar-refractivity contribution in [1.82, 2.24) is 9.66 Å². The number of anilines is 1. The summed E-state index contributed by atoms with van der Waals surface area (Å²) in [4.78, 5) is 23.2. The molecule has 2 heterocycles. The van der Waals surface area contributed by atoms with Crippen LogP contribution in [0.2, 0.25) is 0 Å². The number of hydrogen-bond acceptors (Lipinski definition) is 4. The Labute approximate surface area is 163 Å². The molecule has 0 radical (unpaired) electrons. The van der Waals surface area contributed by atoms with Gasteiger partial charge in [-0.05, 0) is 37.6 Å². The standard InChI is InChI=1S/C17H19N3.C4H4O4/c1-3-14(2)20(16-8-11-18-12-9-16)19-13-10-15-6-4-5-7-17(15)19;5-3(6)1-2-4(7)8/h4-14H,3H2,1-2H3;1-2H,(H,5,6)(H,7,8)/b;2-1-. The van der Waals surface area contributed by atoms with Crippen molar-refractivity contribution in [2.75, 3.05) is 5.01 Å². The topological polar surface area (TPSA) is 95.7 Å². The summed E-state index contributed by atoms with van der Waals surface area (Å²) in [7, 11) is 0. The summed E-state index contributed by atoms with van der Waals surface area (Å²) in [5, 5.41) is 19.2. The van der Waals surface area contributed by atoms with Crippen LogP contribution >= 0.6 is 0 Å². The molecule has 3 rings (SSSR count). The van der Waals surface area contributed by atoms with Crippen LogP contribution in [-0.2, 0) is 9.59 Å². The molecule has 146 valence electrons. The third-order valence-electron chi connectivity index (χ3n) is 4.12. The molecule has 7 nitrogen and oxygen atoms in total. The quantitative estimate of drug-likeness (QED) is 0.630. The molecule has 0 saturated heterocycles. The van der Waals surface area contributed by atoms with E-state index in [0.29, 0.717) is 18.2 Å². The van der Waals surface area contributed by atoms with Gasteiger partial charge < -0.3 is 10.2 Å². The first-order valence-corrected chi connectivity index (χ1v) is 8.83. The van der Waals surface area contributed by atoms with Gasteiger partial charge in [-0.3, -0.25) is 14.7 Å². The van der Waals surface area contributed by atoms with Gasteiger partial charge in [-0.1, -0.05) is 25.1 Å². The van der Waals surface area contributed by atoms with Crippen LogP contribution in [0.15, 0.2) is 73.2 Å². The maximum absolute atomic E-state index is 9.55. The number of aromatic nitrogens is 2. The zero-order valence-electron chi connectivity index (χ0n) is 15.8. The van der Waals surface area contributed by atoms with E-state index in [0.717, 1.165) is 12.1 Å². The van der Waals surface area contributed by atoms with Gasteiger partial charge in [0.25, 0.3) is 0 Å². The molecule has 1 atom stereocenters. The van der Waals surface area contributed by atoms with E-state index in [1.54, 1.807) is 0 Å². The molecular weight excluding hydrogens is 358 g/mol. The molecule has 0 bridgehead atoms. The van der Waals surface area contributed by atoms with Gasteiger partial charge in [0, 0.05) is 42.2 Å². The lowest BCUT2D eigenvalue weighted by molar-refractivity contribution is -0.134. The van der Waals surface area contributed by atoms with Crippen LogP contribution in [-0.4, -0.2) is 37.9 Å². The molecule has 28 heavy (non-hydrogen) atoms. The second-order valence-corrected chi connectivity index (χ2v) is 6.04. The maximum atomic E-state index is 9.55. The SMILES string of the molecule is CCC(C)N(c1ccncc1)n1ccc2ccccc21.O=C(O)/C=C\C(=O)O. The first-order chi connectivity index (χ1) is 13.4. The Balaban J connectivity index is 0.000000300. The molecule has 7 heteroatoms. The predicted molar refractivity (Wildman–Crippen MR) is 108 cm³/mol. The lowest BCUT2D eigenvalue weighted by atomic mass is 10.2. The number of hydrogen-bond donors (Lipinski definition) is 2. The van der Waals surface area contributed by atoms with Gasteiger partial charge in [0.15, 0.2) is 0 Å². The summed E-state index contributed by atoms with van der Waals surface area (Å²) in [5.74, 6) is -2.51. The third-order valence-corrected chi connectivity index (χ3v) is 4.12. The Morgan fingerprint density at radius 2 is 1.68 bits per heavy atom. The number of benzene rings is 1. The fourth-order valence-electron chi connectivity index (χ4n) is 2.66. The highest BCUT2D eigenvalue weighted by Gasteiger charge is 2.16. The van der Waals surface area contributed by atoms with E-state index in [1.165, 1.54) is 10.9 Å². The third kappa shape index (κ3) is 5.44. The molecule has 0 aliphatic carbocycles. The van der Waals surface area contributed by atoms with Crippen LogP contribution in [0, 0.1) is 0 Å². The number of fused-ring (bicyclic) bond motifs is 1. The second-order valence-electron chi connectivity index (χ2n) is 6.04. The van der Waals surface area contributed by atoms with Crippen LogP contribution in [0.5, 0.6) is 0 Å². The Morgan fingerprint density at radius 1 is 1.07 bits per heavy atom. The van der Waals surface area contributed by atoms with E-state index in [4.69, 9.17) is 10.2 Å². The Bertz CT molecular complexity index is 934. The van der Waals surface area contributed by atoms with E-state index in [1.807, 2.05) is 12.4 Å². The molecule has 0 fully saturated rings. The van der Waals surface area contributed by atoms with Crippen LogP contribution < -0.4 is 5.01 Å². The summed E-state index contributed by atoms with van der Waals surface area (Å²) in [5.41, 5.74) is 2.39. The minimum absolute atomic E-state index is 0.410. The number of nitrogens with zero attached hydrogens (tertiary/aromatic N) is 3. The summed E-state index contributed by atoms with van der Waals surface area (Å²) in [6, 6.07) is 15.1. The molecule has 1 unspecified atom stereocenters. The first kappa shape index (κ1) is 20.7. The van der Waals surface area contributed by atoms with E-state index < -0.39 is 11.9 Å². The largest absolute Gasteiger partial charge is 0.478 e. The number of para-hydroxylation sites is 1. The average Bonchev–Trinajstić information content (AvgIpc) is 3.12. The van der Waals surface area contributed by atoms with Crippen LogP contribution in [0.4, 0.5) is 5.69 Å². The molecular formula is C21H23N3O4. The monoisotopic (exact) mass is 381 g/mol. The van der Waals surface area contributed by atoms with Gasteiger partial charge in [0.1, 0.15) is 0 Å². The number of pyridine rings is 1. The number of carboxylic acid groups (broad SMARTS) is 2. The van der Waals surface area contributed by atoms with Crippen LogP contribution in [0.25, 0.3) is 10.9 Å². The molecule has 2 N–H and O–H groups in total. The highest BCUT2D eigenvalue weighted by atomic mass is 16.4. The van der Waals surface area contributed by atoms with Crippen molar-refractivity contribution >= 4 is 28.5 Å². The zero-order valence-corrected chi connectivity index (χ0v) is 15.8. The van der Waals surface area contributed by atoms with Crippen molar-refractivity contribution in [2.24, 2.45) is 0 Å². The molecule has 1 aromatic carbocycles. The number of rotatable bonds is 6. The van der Waals surface area contributed by atoms with E-state index in [9.17, 15) is 9.59 Å². The van der Waals surface area contributed by atoms with Crippen molar-refractivity contribution in [3.63, 3.8) is 0 Å². The van der Waals surface area contributed by atoms with E-state index in [2.05, 4.69) is 77.2 Å². The highest BCUT2D eigenvalue weighted by molar-refractivity contribution is 5.89. The minimum Gasteiger partial charge on any atom is -0.478 e. The number of carbonyl (C=O) groups is 2. The lowest BCUT2D eigenvalue weighted by Crippen LogP contribution is -2.36. The Kier molecular flexibility index (Phi) is 7.33. The van der Waals surface area contributed by atoms with Crippen LogP contribution in [0.3, 0.4) is 0 Å². The lowest BCUT2D eigenvalue weighted by Gasteiger charge is -2.32. The van der Waals surface area contributed by atoms with Gasteiger partial charge in [0.05, 0.1) is 11.2 Å². The fourth-order valence-corrected chi connectivity index (χ4v) is 2.66. The van der Waals surface area contributed by atoms with Crippen molar-refractivity contribution < 1.29 is 19.8 Å². The summed E-state index contributed by atoms with van der Waals surface area (Å²) < 4.78 is 2.23. The zero-order chi connectivity index (χ0) is 20.5.